The first kappa shape index (κ1) is 15.9. The summed E-state index contributed by atoms with van der Waals surface area (Å²) in [6.07, 6.45) is -2.39. The van der Waals surface area contributed by atoms with E-state index in [0.29, 0.717) is 0 Å². The Hall–Kier alpha value is -1.52. The monoisotopic (exact) mass is 299 g/mol. The Labute approximate surface area is 122 Å². The number of nitrogens with one attached hydrogen (secondary N) is 1. The zero-order valence-corrected chi connectivity index (χ0v) is 12.7. The van der Waals surface area contributed by atoms with Crippen molar-refractivity contribution >= 4 is 5.91 Å². The van der Waals surface area contributed by atoms with Crippen molar-refractivity contribution in [1.82, 2.24) is 5.32 Å². The first-order valence-corrected chi connectivity index (χ1v) is 6.96. The highest BCUT2D eigenvalue weighted by molar-refractivity contribution is 5.95. The quantitative estimate of drug-likeness (QED) is 0.894. The maximum atomic E-state index is 12.9. The molecular weight excluding hydrogens is 279 g/mol. The third kappa shape index (κ3) is 3.22. The first-order valence-electron chi connectivity index (χ1n) is 6.96. The van der Waals surface area contributed by atoms with Gasteiger partial charge < -0.3 is 5.32 Å². The molecule has 5 heteroatoms. The van der Waals surface area contributed by atoms with Gasteiger partial charge in [-0.25, -0.2) is 0 Å². The van der Waals surface area contributed by atoms with Crippen molar-refractivity contribution in [2.24, 2.45) is 0 Å². The molecule has 0 bridgehead atoms. The number of halogens is 3. The van der Waals surface area contributed by atoms with Crippen LogP contribution in [0.3, 0.4) is 0 Å². The van der Waals surface area contributed by atoms with Gasteiger partial charge in [0.25, 0.3) is 5.91 Å². The molecule has 1 saturated carbocycles. The van der Waals surface area contributed by atoms with Crippen LogP contribution in [0.4, 0.5) is 13.2 Å². The number of aryl methyl sites for hydroxylation is 1. The zero-order chi connectivity index (χ0) is 16.1. The Morgan fingerprint density at radius 3 is 2.24 bits per heavy atom. The second kappa shape index (κ2) is 4.75. The lowest BCUT2D eigenvalue weighted by Crippen LogP contribution is -2.54. The molecule has 1 aliphatic rings. The van der Waals surface area contributed by atoms with Gasteiger partial charge in [-0.05, 0) is 56.7 Å². The van der Waals surface area contributed by atoms with Gasteiger partial charge in [0.15, 0.2) is 0 Å². The zero-order valence-electron chi connectivity index (χ0n) is 12.7. The second-order valence-electron chi connectivity index (χ2n) is 6.73. The molecule has 0 radical (unpaired) electrons. The van der Waals surface area contributed by atoms with E-state index in [2.05, 4.69) is 12.2 Å². The van der Waals surface area contributed by atoms with Crippen molar-refractivity contribution in [3.8, 4) is 0 Å². The molecule has 0 atom stereocenters. The van der Waals surface area contributed by atoms with Crippen molar-refractivity contribution in [2.45, 2.75) is 57.7 Å². The number of carbonyl (C=O) groups excluding carboxylic acids is 1. The lowest BCUT2D eigenvalue weighted by Gasteiger charge is -2.29. The van der Waals surface area contributed by atoms with Crippen LogP contribution in [0.1, 0.15) is 55.1 Å². The number of rotatable bonds is 3. The summed E-state index contributed by atoms with van der Waals surface area (Å²) in [6, 6.07) is 5.33. The predicted octanol–water partition coefficient (Wildman–Crippen LogP) is 4.12. The standard InChI is InChI=1S/C16H20F3NO/c1-10-7-11(9-12(8-10)15(4)5-6-15)13(21)20-14(2,3)16(17,18)19/h7-9H,5-6H2,1-4H3,(H,20,21). The van der Waals surface area contributed by atoms with Crippen LogP contribution in [0.25, 0.3) is 0 Å². The van der Waals surface area contributed by atoms with E-state index in [1.54, 1.807) is 12.1 Å². The third-order valence-electron chi connectivity index (χ3n) is 4.17. The Morgan fingerprint density at radius 1 is 1.19 bits per heavy atom. The number of hydrogen-bond acceptors (Lipinski definition) is 1. The van der Waals surface area contributed by atoms with Crippen LogP contribution in [-0.2, 0) is 5.41 Å². The minimum Gasteiger partial charge on any atom is -0.338 e. The highest BCUT2D eigenvalue weighted by Gasteiger charge is 2.48. The van der Waals surface area contributed by atoms with Crippen LogP contribution >= 0.6 is 0 Å². The minimum absolute atomic E-state index is 0.0700. The van der Waals surface area contributed by atoms with E-state index in [0.717, 1.165) is 37.8 Å². The number of benzene rings is 1. The van der Waals surface area contributed by atoms with E-state index in [9.17, 15) is 18.0 Å². The SMILES string of the molecule is Cc1cc(C(=O)NC(C)(C)C(F)(F)F)cc(C2(C)CC2)c1. The second-order valence-corrected chi connectivity index (χ2v) is 6.73. The Morgan fingerprint density at radius 2 is 1.76 bits per heavy atom. The number of hydrogen-bond donors (Lipinski definition) is 1. The van der Waals surface area contributed by atoms with E-state index in [1.807, 2.05) is 13.0 Å². The van der Waals surface area contributed by atoms with Gasteiger partial charge in [0.05, 0.1) is 0 Å². The Kier molecular flexibility index (Phi) is 3.59. The normalized spacial score (nSPS) is 17.5. The molecule has 2 nitrogen and oxygen atoms in total. The summed E-state index contributed by atoms with van der Waals surface area (Å²) < 4.78 is 38.6. The first-order chi connectivity index (χ1) is 9.45. The van der Waals surface area contributed by atoms with E-state index in [4.69, 9.17) is 0 Å². The molecule has 1 aromatic carbocycles. The predicted molar refractivity (Wildman–Crippen MR) is 75.4 cm³/mol. The van der Waals surface area contributed by atoms with Crippen LogP contribution in [0.2, 0.25) is 0 Å². The highest BCUT2D eigenvalue weighted by Crippen LogP contribution is 2.48. The van der Waals surface area contributed by atoms with Gasteiger partial charge in [-0.2, -0.15) is 13.2 Å². The van der Waals surface area contributed by atoms with Gasteiger partial charge in [0, 0.05) is 5.56 Å². The Bertz CT molecular complexity index is 571. The maximum Gasteiger partial charge on any atom is 0.410 e. The van der Waals surface area contributed by atoms with Gasteiger partial charge in [0.1, 0.15) is 5.54 Å². The van der Waals surface area contributed by atoms with Gasteiger partial charge in [-0.15, -0.1) is 0 Å². The van der Waals surface area contributed by atoms with E-state index < -0.39 is 17.6 Å². The summed E-state index contributed by atoms with van der Waals surface area (Å²) in [6.45, 7) is 5.87. The molecule has 0 spiro atoms. The molecule has 116 valence electrons. The summed E-state index contributed by atoms with van der Waals surface area (Å²) in [5.74, 6) is -0.688. The average molecular weight is 299 g/mol. The van der Waals surface area contributed by atoms with Crippen LogP contribution in [-0.4, -0.2) is 17.6 Å². The molecule has 0 saturated heterocycles. The molecule has 0 aromatic heterocycles. The summed E-state index contributed by atoms with van der Waals surface area (Å²) in [5.41, 5.74) is 0.0152. The van der Waals surface area contributed by atoms with Gasteiger partial charge in [0.2, 0.25) is 0 Å². The third-order valence-corrected chi connectivity index (χ3v) is 4.17. The topological polar surface area (TPSA) is 29.1 Å². The average Bonchev–Trinajstić information content (AvgIpc) is 3.06. The van der Waals surface area contributed by atoms with E-state index in [1.165, 1.54) is 0 Å². The lowest BCUT2D eigenvalue weighted by atomic mass is 9.94. The molecule has 1 amide bonds. The van der Waals surface area contributed by atoms with Gasteiger partial charge >= 0.3 is 6.18 Å². The molecule has 1 fully saturated rings. The highest BCUT2D eigenvalue weighted by atomic mass is 19.4. The smallest absolute Gasteiger partial charge is 0.338 e. The fourth-order valence-electron chi connectivity index (χ4n) is 2.17. The van der Waals surface area contributed by atoms with Crippen molar-refractivity contribution in [1.29, 1.82) is 0 Å². The molecule has 1 N–H and O–H groups in total. The Balaban J connectivity index is 2.26. The molecule has 0 unspecified atom stereocenters. The summed E-state index contributed by atoms with van der Waals surface area (Å²) in [5, 5.41) is 2.07. The van der Waals surface area contributed by atoms with Crippen molar-refractivity contribution in [3.05, 3.63) is 34.9 Å². The van der Waals surface area contributed by atoms with Crippen LogP contribution in [0.15, 0.2) is 18.2 Å². The summed E-state index contributed by atoms with van der Waals surface area (Å²) in [4.78, 5) is 12.1. The summed E-state index contributed by atoms with van der Waals surface area (Å²) in [7, 11) is 0. The minimum atomic E-state index is -4.49. The van der Waals surface area contributed by atoms with E-state index >= 15 is 0 Å². The molecule has 2 rings (SSSR count). The number of amides is 1. The lowest BCUT2D eigenvalue weighted by molar-refractivity contribution is -0.182. The largest absolute Gasteiger partial charge is 0.410 e. The summed E-state index contributed by atoms with van der Waals surface area (Å²) >= 11 is 0. The number of carbonyl (C=O) groups is 1. The fraction of sp³-hybridized carbons (Fsp3) is 0.562. The maximum absolute atomic E-state index is 12.9. The molecule has 1 aromatic rings. The van der Waals surface area contributed by atoms with Crippen LogP contribution in [0, 0.1) is 6.92 Å². The molecular formula is C16H20F3NO. The van der Waals surface area contributed by atoms with Crippen LogP contribution in [0.5, 0.6) is 0 Å². The molecule has 1 aliphatic carbocycles. The molecule has 0 aliphatic heterocycles. The molecule has 21 heavy (non-hydrogen) atoms. The van der Waals surface area contributed by atoms with Gasteiger partial charge in [-0.3, -0.25) is 4.79 Å². The van der Waals surface area contributed by atoms with Gasteiger partial charge in [-0.1, -0.05) is 18.6 Å². The van der Waals surface area contributed by atoms with Crippen LogP contribution < -0.4 is 5.32 Å². The van der Waals surface area contributed by atoms with Crippen molar-refractivity contribution < 1.29 is 18.0 Å². The fourth-order valence-corrected chi connectivity index (χ4v) is 2.17. The van der Waals surface area contributed by atoms with Crippen molar-refractivity contribution in [2.75, 3.05) is 0 Å². The van der Waals surface area contributed by atoms with Crippen molar-refractivity contribution in [3.63, 3.8) is 0 Å². The molecule has 0 heterocycles. The van der Waals surface area contributed by atoms with E-state index in [-0.39, 0.29) is 11.0 Å². The number of alkyl halides is 3.